The van der Waals surface area contributed by atoms with Gasteiger partial charge in [0.15, 0.2) is 0 Å². The van der Waals surface area contributed by atoms with E-state index in [0.717, 1.165) is 11.6 Å². The molecule has 5 rings (SSSR count). The van der Waals surface area contributed by atoms with Crippen LogP contribution < -0.4 is 14.9 Å². The van der Waals surface area contributed by atoms with Gasteiger partial charge in [-0.2, -0.15) is 13.2 Å². The lowest BCUT2D eigenvalue weighted by Crippen LogP contribution is -2.41. The first-order valence-electron chi connectivity index (χ1n) is 12.5. The summed E-state index contributed by atoms with van der Waals surface area (Å²) in [6.07, 6.45) is -5.12. The second-order valence-corrected chi connectivity index (χ2v) is 10.9. The normalized spacial score (nSPS) is 23.1. The summed E-state index contributed by atoms with van der Waals surface area (Å²) in [6.45, 7) is 7.51. The van der Waals surface area contributed by atoms with E-state index in [1.165, 1.54) is 7.11 Å². The van der Waals surface area contributed by atoms with Crippen molar-refractivity contribution in [2.45, 2.75) is 76.4 Å². The van der Waals surface area contributed by atoms with Crippen molar-refractivity contribution in [3.8, 4) is 11.5 Å². The van der Waals surface area contributed by atoms with Crippen LogP contribution in [0, 0.1) is 5.82 Å². The molecule has 0 aromatic heterocycles. The molecular weight excluding hydrogens is 507 g/mol. The van der Waals surface area contributed by atoms with Crippen LogP contribution in [0.25, 0.3) is 0 Å². The van der Waals surface area contributed by atoms with Crippen molar-refractivity contribution >= 4 is 18.6 Å². The van der Waals surface area contributed by atoms with Crippen molar-refractivity contribution in [2.24, 2.45) is 0 Å². The molecule has 1 unspecified atom stereocenters. The molecule has 0 amide bonds. The maximum atomic E-state index is 15.5. The number of methoxy groups -OCH3 is 1. The highest BCUT2D eigenvalue weighted by atomic mass is 19.4. The molecule has 2 aromatic carbocycles. The van der Waals surface area contributed by atoms with Gasteiger partial charge >= 0.3 is 19.3 Å². The Bertz CT molecular complexity index is 1260. The largest absolute Gasteiger partial charge is 0.495 e. The van der Waals surface area contributed by atoms with Gasteiger partial charge in [-0.1, -0.05) is 6.07 Å². The van der Waals surface area contributed by atoms with E-state index in [9.17, 15) is 18.0 Å². The number of ether oxygens (including phenoxy) is 3. The predicted molar refractivity (Wildman–Crippen MR) is 130 cm³/mol. The van der Waals surface area contributed by atoms with Crippen LogP contribution >= 0.6 is 0 Å². The standard InChI is InChI=1S/C27H29BF4O6/c1-25(2)26(3,4)38-28(37-25)19-12-18(27(30,31)32)24(29)23-17(19)8-9-20(23)36-15-6-7-16-14(10-22(33)34-5)13-35-21(16)11-15/h6-7,11-12,14,20H,8-10,13H2,1-5H3/t14-,20?/m1/s1. The lowest BCUT2D eigenvalue weighted by atomic mass is 9.74. The zero-order chi connectivity index (χ0) is 27.6. The number of halogens is 4. The summed E-state index contributed by atoms with van der Waals surface area (Å²) < 4.78 is 85.8. The molecule has 2 aromatic rings. The molecule has 38 heavy (non-hydrogen) atoms. The lowest BCUT2D eigenvalue weighted by Gasteiger charge is -2.32. The topological polar surface area (TPSA) is 63.2 Å². The summed E-state index contributed by atoms with van der Waals surface area (Å²) in [7, 11) is 0.242. The third kappa shape index (κ3) is 4.53. The zero-order valence-corrected chi connectivity index (χ0v) is 21.8. The van der Waals surface area contributed by atoms with Crippen LogP contribution in [-0.4, -0.2) is 38.0 Å². The minimum absolute atomic E-state index is 0.130. The number of esters is 1. The first-order chi connectivity index (χ1) is 17.7. The van der Waals surface area contributed by atoms with E-state index in [-0.39, 0.29) is 35.8 Å². The number of hydrogen-bond acceptors (Lipinski definition) is 6. The van der Waals surface area contributed by atoms with Crippen molar-refractivity contribution in [3.63, 3.8) is 0 Å². The van der Waals surface area contributed by atoms with Crippen LogP contribution in [0.3, 0.4) is 0 Å². The number of fused-ring (bicyclic) bond motifs is 2. The van der Waals surface area contributed by atoms with Crippen molar-refractivity contribution in [3.05, 3.63) is 52.3 Å². The van der Waals surface area contributed by atoms with Gasteiger partial charge in [0.2, 0.25) is 0 Å². The highest BCUT2D eigenvalue weighted by Gasteiger charge is 2.54. The maximum Gasteiger partial charge on any atom is 0.495 e. The molecule has 204 valence electrons. The molecule has 1 aliphatic carbocycles. The fourth-order valence-electron chi connectivity index (χ4n) is 5.23. The van der Waals surface area contributed by atoms with Crippen molar-refractivity contribution in [2.75, 3.05) is 13.7 Å². The van der Waals surface area contributed by atoms with Gasteiger partial charge in [0.1, 0.15) is 23.4 Å². The smallest absolute Gasteiger partial charge is 0.492 e. The third-order valence-electron chi connectivity index (χ3n) is 8.02. The molecule has 0 radical (unpaired) electrons. The SMILES string of the molecule is COC(=O)C[C@@H]1COc2cc(OC3CCc4c(B5OC(C)(C)C(C)(C)O5)cc(C(F)(F)F)c(F)c43)ccc21. The second-order valence-electron chi connectivity index (χ2n) is 10.9. The van der Waals surface area contributed by atoms with E-state index in [1.54, 1.807) is 45.9 Å². The average molecular weight is 536 g/mol. The third-order valence-corrected chi connectivity index (χ3v) is 8.02. The average Bonchev–Trinajstić information content (AvgIpc) is 3.47. The van der Waals surface area contributed by atoms with E-state index < -0.39 is 42.0 Å². The number of rotatable bonds is 5. The van der Waals surface area contributed by atoms with Crippen LogP contribution in [0.1, 0.15) is 74.8 Å². The Balaban J connectivity index is 1.48. The molecule has 11 heteroatoms. The second kappa shape index (κ2) is 9.15. The molecule has 0 saturated carbocycles. The molecule has 2 aliphatic heterocycles. The molecule has 1 saturated heterocycles. The molecule has 6 nitrogen and oxygen atoms in total. The fraction of sp³-hybridized carbons (Fsp3) is 0.519. The Morgan fingerprint density at radius 3 is 2.45 bits per heavy atom. The Labute approximate surface area is 218 Å². The van der Waals surface area contributed by atoms with E-state index in [0.29, 0.717) is 30.1 Å². The Kier molecular flexibility index (Phi) is 6.46. The summed E-state index contributed by atoms with van der Waals surface area (Å²) >= 11 is 0. The number of hydrogen-bond donors (Lipinski definition) is 0. The van der Waals surface area contributed by atoms with Gasteiger partial charge in [-0.15, -0.1) is 0 Å². The molecular formula is C27H29BF4O6. The van der Waals surface area contributed by atoms with Crippen molar-refractivity contribution in [1.29, 1.82) is 0 Å². The first kappa shape index (κ1) is 26.8. The number of benzene rings is 2. The van der Waals surface area contributed by atoms with Crippen LogP contribution in [0.15, 0.2) is 24.3 Å². The van der Waals surface area contributed by atoms with E-state index in [1.807, 2.05) is 0 Å². The van der Waals surface area contributed by atoms with Gasteiger partial charge in [0, 0.05) is 23.1 Å². The molecule has 0 N–H and O–H groups in total. The quantitative estimate of drug-likeness (QED) is 0.296. The van der Waals surface area contributed by atoms with Gasteiger partial charge in [0.25, 0.3) is 0 Å². The van der Waals surface area contributed by atoms with E-state index in [2.05, 4.69) is 0 Å². The maximum absolute atomic E-state index is 15.5. The molecule has 2 heterocycles. The molecule has 3 aliphatic rings. The summed E-state index contributed by atoms with van der Waals surface area (Å²) in [5.41, 5.74) is -1.67. The van der Waals surface area contributed by atoms with Crippen molar-refractivity contribution in [1.82, 2.24) is 0 Å². The minimum Gasteiger partial charge on any atom is -0.492 e. The highest BCUT2D eigenvalue weighted by molar-refractivity contribution is 6.62. The van der Waals surface area contributed by atoms with Gasteiger partial charge < -0.3 is 23.5 Å². The first-order valence-corrected chi connectivity index (χ1v) is 12.5. The summed E-state index contributed by atoms with van der Waals surface area (Å²) in [6, 6.07) is 5.82. The van der Waals surface area contributed by atoms with Crippen LogP contribution in [0.4, 0.5) is 17.6 Å². The number of carbonyl (C=O) groups excluding carboxylic acids is 1. The predicted octanol–water partition coefficient (Wildman–Crippen LogP) is 5.25. The lowest BCUT2D eigenvalue weighted by molar-refractivity contribution is -0.141. The zero-order valence-electron chi connectivity index (χ0n) is 21.8. The van der Waals surface area contributed by atoms with Crippen molar-refractivity contribution < 1.29 is 45.9 Å². The summed E-state index contributed by atoms with van der Waals surface area (Å²) in [5.74, 6) is -1.03. The van der Waals surface area contributed by atoms with Gasteiger partial charge in [-0.05, 0) is 63.7 Å². The van der Waals surface area contributed by atoms with Gasteiger partial charge in [-0.25, -0.2) is 4.39 Å². The summed E-state index contributed by atoms with van der Waals surface area (Å²) in [5, 5.41) is 0. The number of alkyl halides is 3. The molecule has 0 spiro atoms. The minimum atomic E-state index is -4.92. The highest BCUT2D eigenvalue weighted by Crippen LogP contribution is 2.45. The van der Waals surface area contributed by atoms with E-state index >= 15 is 4.39 Å². The van der Waals surface area contributed by atoms with Crippen LogP contribution in [-0.2, 0) is 31.4 Å². The Morgan fingerprint density at radius 2 is 1.82 bits per heavy atom. The van der Waals surface area contributed by atoms with Crippen LogP contribution in [0.5, 0.6) is 11.5 Å². The van der Waals surface area contributed by atoms with Gasteiger partial charge in [-0.3, -0.25) is 4.79 Å². The molecule has 0 bridgehead atoms. The Hall–Kier alpha value is -2.79. The monoisotopic (exact) mass is 536 g/mol. The molecule has 2 atom stereocenters. The summed E-state index contributed by atoms with van der Waals surface area (Å²) in [4.78, 5) is 11.7. The van der Waals surface area contributed by atoms with Gasteiger partial charge in [0.05, 0.1) is 36.9 Å². The van der Waals surface area contributed by atoms with E-state index in [4.69, 9.17) is 23.5 Å². The fourth-order valence-corrected chi connectivity index (χ4v) is 5.23. The van der Waals surface area contributed by atoms with Crippen LogP contribution in [0.2, 0.25) is 0 Å². The molecule has 1 fully saturated rings. The Morgan fingerprint density at radius 1 is 1.13 bits per heavy atom. The number of carbonyl (C=O) groups is 1.